The smallest absolute Gasteiger partial charge is 0.129 e. The number of hydrazine groups is 2. The maximum absolute atomic E-state index is 12.8. The van der Waals surface area contributed by atoms with Crippen molar-refractivity contribution in [2.45, 2.75) is 39.2 Å². The Balaban J connectivity index is 1.75. The lowest BCUT2D eigenvalue weighted by Crippen LogP contribution is -2.35. The molecule has 2 rings (SSSR count). The number of benzene rings is 1. The molecule has 0 bridgehead atoms. The van der Waals surface area contributed by atoms with Crippen LogP contribution < -0.4 is 11.0 Å². The van der Waals surface area contributed by atoms with Crippen LogP contribution in [0.3, 0.4) is 0 Å². The molecule has 0 spiro atoms. The zero-order chi connectivity index (χ0) is 14.4. The SMILES string of the molecule is CC(=O)CCCCC1=CN(Cc2ccc(F)cc2)NN1. The molecule has 0 unspecified atom stereocenters. The van der Waals surface area contributed by atoms with Crippen LogP contribution in [0.2, 0.25) is 0 Å². The molecule has 0 aromatic heterocycles. The number of Topliss-reactive ketones (excluding diaryl/α,β-unsaturated/α-hetero) is 1. The molecule has 0 fully saturated rings. The molecule has 0 saturated carbocycles. The summed E-state index contributed by atoms with van der Waals surface area (Å²) in [5.74, 6) is 0.0254. The van der Waals surface area contributed by atoms with Gasteiger partial charge in [-0.2, -0.15) is 0 Å². The summed E-state index contributed by atoms with van der Waals surface area (Å²) >= 11 is 0. The number of unbranched alkanes of at least 4 members (excludes halogenated alkanes) is 1. The minimum Gasteiger partial charge on any atom is -0.306 e. The van der Waals surface area contributed by atoms with Crippen LogP contribution in [0.4, 0.5) is 4.39 Å². The van der Waals surface area contributed by atoms with E-state index >= 15 is 0 Å². The number of hydrogen-bond donors (Lipinski definition) is 2. The normalized spacial score (nSPS) is 14.1. The Labute approximate surface area is 118 Å². The summed E-state index contributed by atoms with van der Waals surface area (Å²) in [5.41, 5.74) is 8.30. The first-order valence-electron chi connectivity index (χ1n) is 6.86. The van der Waals surface area contributed by atoms with Crippen LogP contribution in [-0.2, 0) is 11.3 Å². The number of ketones is 1. The van der Waals surface area contributed by atoms with Gasteiger partial charge in [-0.25, -0.2) is 4.39 Å². The number of carbonyl (C=O) groups excluding carboxylic acids is 1. The maximum Gasteiger partial charge on any atom is 0.129 e. The van der Waals surface area contributed by atoms with Crippen LogP contribution in [0, 0.1) is 5.82 Å². The van der Waals surface area contributed by atoms with Crippen LogP contribution >= 0.6 is 0 Å². The Bertz CT molecular complexity index is 484. The van der Waals surface area contributed by atoms with Crippen molar-refractivity contribution in [1.82, 2.24) is 16.0 Å². The highest BCUT2D eigenvalue weighted by molar-refractivity contribution is 5.75. The third-order valence-corrected chi connectivity index (χ3v) is 3.16. The van der Waals surface area contributed by atoms with Gasteiger partial charge in [-0.3, -0.25) is 5.01 Å². The van der Waals surface area contributed by atoms with Gasteiger partial charge in [-0.1, -0.05) is 12.1 Å². The lowest BCUT2D eigenvalue weighted by molar-refractivity contribution is -0.117. The molecule has 0 amide bonds. The topological polar surface area (TPSA) is 44.4 Å². The molecule has 0 radical (unpaired) electrons. The van der Waals surface area contributed by atoms with Gasteiger partial charge >= 0.3 is 0 Å². The van der Waals surface area contributed by atoms with Gasteiger partial charge in [0.15, 0.2) is 0 Å². The Morgan fingerprint density at radius 1 is 1.25 bits per heavy atom. The van der Waals surface area contributed by atoms with Crippen molar-refractivity contribution in [1.29, 1.82) is 0 Å². The molecule has 2 N–H and O–H groups in total. The average Bonchev–Trinajstić information content (AvgIpc) is 2.85. The quantitative estimate of drug-likeness (QED) is 0.752. The van der Waals surface area contributed by atoms with Crippen molar-refractivity contribution in [2.75, 3.05) is 0 Å². The average molecular weight is 277 g/mol. The fourth-order valence-electron chi connectivity index (χ4n) is 2.08. The van der Waals surface area contributed by atoms with Crippen molar-refractivity contribution in [3.8, 4) is 0 Å². The number of nitrogens with zero attached hydrogens (tertiary/aromatic N) is 1. The largest absolute Gasteiger partial charge is 0.306 e. The van der Waals surface area contributed by atoms with Crippen LogP contribution in [0.25, 0.3) is 0 Å². The minimum absolute atomic E-state index is 0.219. The molecule has 108 valence electrons. The molecule has 0 atom stereocenters. The van der Waals surface area contributed by atoms with Crippen molar-refractivity contribution >= 4 is 5.78 Å². The molecule has 5 heteroatoms. The second-order valence-corrected chi connectivity index (χ2v) is 5.05. The van der Waals surface area contributed by atoms with E-state index < -0.39 is 0 Å². The molecular weight excluding hydrogens is 257 g/mol. The molecule has 20 heavy (non-hydrogen) atoms. The zero-order valence-electron chi connectivity index (χ0n) is 11.7. The van der Waals surface area contributed by atoms with Gasteiger partial charge in [-0.15, -0.1) is 5.53 Å². The van der Waals surface area contributed by atoms with Gasteiger partial charge in [0.1, 0.15) is 11.6 Å². The van der Waals surface area contributed by atoms with Gasteiger partial charge in [0, 0.05) is 18.3 Å². The maximum atomic E-state index is 12.8. The lowest BCUT2D eigenvalue weighted by Gasteiger charge is -2.14. The summed E-state index contributed by atoms with van der Waals surface area (Å²) in [5, 5.41) is 1.92. The molecule has 1 aliphatic rings. The Hall–Kier alpha value is -1.88. The summed E-state index contributed by atoms with van der Waals surface area (Å²) in [4.78, 5) is 10.8. The zero-order valence-corrected chi connectivity index (χ0v) is 11.7. The number of halogens is 1. The first-order chi connectivity index (χ1) is 9.63. The number of carbonyl (C=O) groups is 1. The van der Waals surface area contributed by atoms with E-state index in [9.17, 15) is 9.18 Å². The van der Waals surface area contributed by atoms with Crippen molar-refractivity contribution in [3.05, 3.63) is 47.5 Å². The van der Waals surface area contributed by atoms with Crippen molar-refractivity contribution in [2.24, 2.45) is 0 Å². The summed E-state index contributed by atoms with van der Waals surface area (Å²) in [6, 6.07) is 6.47. The number of nitrogens with one attached hydrogen (secondary N) is 2. The Morgan fingerprint density at radius 2 is 2.00 bits per heavy atom. The minimum atomic E-state index is -0.219. The van der Waals surface area contributed by atoms with Crippen LogP contribution in [0.5, 0.6) is 0 Å². The third kappa shape index (κ3) is 4.66. The van der Waals surface area contributed by atoms with Gasteiger partial charge in [0.2, 0.25) is 0 Å². The highest BCUT2D eigenvalue weighted by Crippen LogP contribution is 2.13. The van der Waals surface area contributed by atoms with E-state index in [4.69, 9.17) is 0 Å². The van der Waals surface area contributed by atoms with Gasteiger partial charge in [0.25, 0.3) is 0 Å². The van der Waals surface area contributed by atoms with E-state index in [0.717, 1.165) is 30.5 Å². The van der Waals surface area contributed by atoms with Crippen LogP contribution in [0.15, 0.2) is 36.2 Å². The Morgan fingerprint density at radius 3 is 2.70 bits per heavy atom. The monoisotopic (exact) mass is 277 g/mol. The molecule has 1 aliphatic heterocycles. The predicted octanol–water partition coefficient (Wildman–Crippen LogP) is 2.64. The standard InChI is InChI=1S/C15H20FN3O/c1-12(20)4-2-3-5-15-11-19(18-17-15)10-13-6-8-14(16)9-7-13/h6-9,11,17-18H,2-5,10H2,1H3. The fourth-order valence-corrected chi connectivity index (χ4v) is 2.08. The van der Waals surface area contributed by atoms with E-state index in [2.05, 4.69) is 11.0 Å². The molecule has 4 nitrogen and oxygen atoms in total. The second-order valence-electron chi connectivity index (χ2n) is 5.05. The summed E-state index contributed by atoms with van der Waals surface area (Å²) in [6.07, 6.45) is 5.49. The van der Waals surface area contributed by atoms with Gasteiger partial charge in [-0.05, 0) is 43.9 Å². The van der Waals surface area contributed by atoms with Crippen LogP contribution in [-0.4, -0.2) is 10.8 Å². The van der Waals surface area contributed by atoms with Gasteiger partial charge in [0.05, 0.1) is 6.54 Å². The van der Waals surface area contributed by atoms with Crippen molar-refractivity contribution in [3.63, 3.8) is 0 Å². The molecule has 1 aromatic carbocycles. The predicted molar refractivity (Wildman–Crippen MR) is 75.4 cm³/mol. The first-order valence-corrected chi connectivity index (χ1v) is 6.86. The second kappa shape index (κ2) is 7.05. The van der Waals surface area contributed by atoms with Crippen molar-refractivity contribution < 1.29 is 9.18 Å². The first kappa shape index (κ1) is 14.5. The summed E-state index contributed by atoms with van der Waals surface area (Å²) < 4.78 is 12.8. The molecule has 1 aromatic rings. The Kier molecular flexibility index (Phi) is 5.12. The van der Waals surface area contributed by atoms with E-state index in [0.29, 0.717) is 13.0 Å². The van der Waals surface area contributed by atoms with E-state index in [1.54, 1.807) is 19.1 Å². The molecule has 0 aliphatic carbocycles. The summed E-state index contributed by atoms with van der Waals surface area (Å²) in [7, 11) is 0. The highest BCUT2D eigenvalue weighted by Gasteiger charge is 2.11. The molecule has 0 saturated heterocycles. The highest BCUT2D eigenvalue weighted by atomic mass is 19.1. The molecule has 1 heterocycles. The number of allylic oxidation sites excluding steroid dienone is 1. The summed E-state index contributed by atoms with van der Waals surface area (Å²) in [6.45, 7) is 2.29. The van der Waals surface area contributed by atoms with E-state index in [1.807, 2.05) is 11.2 Å². The molecular formula is C15H20FN3O. The van der Waals surface area contributed by atoms with E-state index in [-0.39, 0.29) is 11.6 Å². The third-order valence-electron chi connectivity index (χ3n) is 3.16. The number of hydrogen-bond acceptors (Lipinski definition) is 4. The van der Waals surface area contributed by atoms with Crippen LogP contribution in [0.1, 0.15) is 38.2 Å². The van der Waals surface area contributed by atoms with Gasteiger partial charge < -0.3 is 10.2 Å². The lowest BCUT2D eigenvalue weighted by atomic mass is 10.1. The van der Waals surface area contributed by atoms with E-state index in [1.165, 1.54) is 12.1 Å². The number of rotatable bonds is 7. The fraction of sp³-hybridized carbons (Fsp3) is 0.400.